The summed E-state index contributed by atoms with van der Waals surface area (Å²) in [7, 11) is 0. The Morgan fingerprint density at radius 2 is 1.62 bits per heavy atom. The average molecular weight is 451 g/mol. The monoisotopic (exact) mass is 450 g/mol. The Bertz CT molecular complexity index is 706. The van der Waals surface area contributed by atoms with E-state index in [1.54, 1.807) is 0 Å². The molecule has 32 heavy (non-hydrogen) atoms. The zero-order chi connectivity index (χ0) is 23.5. The molecule has 4 N–H and O–H groups in total. The summed E-state index contributed by atoms with van der Waals surface area (Å²) >= 11 is 0. The van der Waals surface area contributed by atoms with Gasteiger partial charge in [-0.05, 0) is 97.7 Å². The smallest absolute Gasteiger partial charge is 0.306 e. The summed E-state index contributed by atoms with van der Waals surface area (Å²) in [6.07, 6.45) is 9.94. The summed E-state index contributed by atoms with van der Waals surface area (Å²) in [6, 6.07) is 0. The lowest BCUT2D eigenvalue weighted by Gasteiger charge is -2.62. The Balaban J connectivity index is 1.44. The fraction of sp³-hybridized carbons (Fsp3) is 0.963. The van der Waals surface area contributed by atoms with Crippen molar-refractivity contribution in [3.63, 3.8) is 0 Å². The van der Waals surface area contributed by atoms with Crippen LogP contribution in [0.1, 0.15) is 98.3 Å². The molecule has 5 nitrogen and oxygen atoms in total. The summed E-state index contributed by atoms with van der Waals surface area (Å²) in [5, 5.41) is 40.2. The Morgan fingerprint density at radius 3 is 2.31 bits per heavy atom. The molecular weight excluding hydrogens is 404 g/mol. The van der Waals surface area contributed by atoms with Gasteiger partial charge in [-0.1, -0.05) is 40.5 Å². The first kappa shape index (κ1) is 24.5. The molecule has 0 aromatic rings. The maximum absolute atomic E-state index is 11.1. The molecule has 0 heterocycles. The van der Waals surface area contributed by atoms with Crippen LogP contribution in [0.4, 0.5) is 0 Å². The molecule has 0 aliphatic heterocycles. The number of fused-ring (bicyclic) bond motifs is 5. The van der Waals surface area contributed by atoms with Crippen molar-refractivity contribution in [2.24, 2.45) is 52.3 Å². The first-order valence-corrected chi connectivity index (χ1v) is 13.3. The van der Waals surface area contributed by atoms with Gasteiger partial charge in [0.2, 0.25) is 0 Å². The molecule has 0 spiro atoms. The van der Waals surface area contributed by atoms with E-state index in [1.807, 2.05) is 6.92 Å². The summed E-state index contributed by atoms with van der Waals surface area (Å²) in [4.78, 5) is 11.1. The lowest BCUT2D eigenvalue weighted by Crippen LogP contribution is -2.60. The summed E-state index contributed by atoms with van der Waals surface area (Å²) in [5.74, 6) is 0.797. The first-order valence-electron chi connectivity index (χ1n) is 13.3. The van der Waals surface area contributed by atoms with E-state index in [0.717, 1.165) is 37.5 Å². The number of carboxylic acids is 1. The first-order chi connectivity index (χ1) is 14.9. The van der Waals surface area contributed by atoms with Crippen LogP contribution in [0, 0.1) is 52.3 Å². The summed E-state index contributed by atoms with van der Waals surface area (Å²) in [5.41, 5.74) is 0.377. The van der Waals surface area contributed by atoms with Gasteiger partial charge >= 0.3 is 5.97 Å². The van der Waals surface area contributed by atoms with Crippen LogP contribution in [-0.2, 0) is 4.79 Å². The van der Waals surface area contributed by atoms with Crippen molar-refractivity contribution in [2.75, 3.05) is 0 Å². The highest BCUT2D eigenvalue weighted by Crippen LogP contribution is 2.68. The van der Waals surface area contributed by atoms with Gasteiger partial charge in [0.25, 0.3) is 0 Å². The van der Waals surface area contributed by atoms with Crippen LogP contribution in [0.2, 0.25) is 0 Å². The highest BCUT2D eigenvalue weighted by atomic mass is 16.5. The molecule has 10 atom stereocenters. The van der Waals surface area contributed by atoms with Gasteiger partial charge in [0.05, 0.1) is 5.92 Å². The molecular formula is C27H46O5. The average Bonchev–Trinajstić information content (AvgIpc) is 3.06. The second-order valence-electron chi connectivity index (χ2n) is 12.8. The van der Waals surface area contributed by atoms with Gasteiger partial charge < -0.3 is 20.4 Å². The molecule has 4 aliphatic carbocycles. The lowest BCUT2D eigenvalue weighted by molar-refractivity contribution is -0.284. The van der Waals surface area contributed by atoms with Gasteiger partial charge in [0.1, 0.15) is 6.10 Å². The molecule has 4 saturated carbocycles. The normalized spacial score (nSPS) is 47.1. The predicted octanol–water partition coefficient (Wildman–Crippen LogP) is 4.82. The third kappa shape index (κ3) is 3.94. The number of hydrogen-bond acceptors (Lipinski definition) is 4. The Hall–Kier alpha value is -0.650. The SMILES string of the molecule is CC(CCC[C@@H](C)[C@H]1CC[C@H]2[C@@H]3CCC4CC(O)(O)C(O)C[C@]4(C)[C@H]3CC[C@]12C)C(=O)O. The minimum atomic E-state index is -1.92. The topological polar surface area (TPSA) is 98.0 Å². The number of carbonyl (C=O) groups is 1. The fourth-order valence-corrected chi connectivity index (χ4v) is 9.31. The highest BCUT2D eigenvalue weighted by molar-refractivity contribution is 5.69. The van der Waals surface area contributed by atoms with Crippen molar-refractivity contribution in [3.8, 4) is 0 Å². The van der Waals surface area contributed by atoms with Gasteiger partial charge in [-0.3, -0.25) is 4.79 Å². The Kier molecular flexibility index (Phi) is 6.53. The molecule has 4 aliphatic rings. The minimum Gasteiger partial charge on any atom is -0.481 e. The minimum absolute atomic E-state index is 0.00922. The lowest BCUT2D eigenvalue weighted by atomic mass is 9.44. The molecule has 5 heteroatoms. The van der Waals surface area contributed by atoms with E-state index < -0.39 is 17.9 Å². The number of aliphatic hydroxyl groups excluding tert-OH is 1. The maximum atomic E-state index is 11.1. The van der Waals surface area contributed by atoms with Crippen LogP contribution in [0.15, 0.2) is 0 Å². The largest absolute Gasteiger partial charge is 0.481 e. The van der Waals surface area contributed by atoms with Gasteiger partial charge in [-0.15, -0.1) is 0 Å². The van der Waals surface area contributed by atoms with E-state index in [1.165, 1.54) is 32.1 Å². The van der Waals surface area contributed by atoms with Gasteiger partial charge in [0.15, 0.2) is 5.79 Å². The van der Waals surface area contributed by atoms with Crippen LogP contribution in [0.5, 0.6) is 0 Å². The number of aliphatic carboxylic acids is 1. The van der Waals surface area contributed by atoms with E-state index in [-0.39, 0.29) is 11.3 Å². The molecule has 0 saturated heterocycles. The predicted molar refractivity (Wildman–Crippen MR) is 124 cm³/mol. The van der Waals surface area contributed by atoms with E-state index in [0.29, 0.717) is 41.9 Å². The summed E-state index contributed by atoms with van der Waals surface area (Å²) in [6.45, 7) is 9.08. The summed E-state index contributed by atoms with van der Waals surface area (Å²) < 4.78 is 0. The molecule has 3 unspecified atom stereocenters. The molecule has 0 amide bonds. The van der Waals surface area contributed by atoms with E-state index in [4.69, 9.17) is 5.11 Å². The maximum Gasteiger partial charge on any atom is 0.306 e. The number of carboxylic acid groups (broad SMARTS) is 1. The second kappa shape index (κ2) is 8.53. The van der Waals surface area contributed by atoms with Crippen molar-refractivity contribution in [3.05, 3.63) is 0 Å². The van der Waals surface area contributed by atoms with Crippen LogP contribution in [-0.4, -0.2) is 38.3 Å². The molecule has 4 fully saturated rings. The third-order valence-corrected chi connectivity index (χ3v) is 11.3. The molecule has 0 radical (unpaired) electrons. The number of rotatable bonds is 6. The molecule has 4 rings (SSSR count). The quantitative estimate of drug-likeness (QED) is 0.435. The van der Waals surface area contributed by atoms with E-state index >= 15 is 0 Å². The van der Waals surface area contributed by atoms with Gasteiger partial charge in [-0.25, -0.2) is 0 Å². The molecule has 0 aromatic heterocycles. The van der Waals surface area contributed by atoms with E-state index in [2.05, 4.69) is 20.8 Å². The zero-order valence-corrected chi connectivity index (χ0v) is 20.6. The highest BCUT2D eigenvalue weighted by Gasteiger charge is 2.63. The van der Waals surface area contributed by atoms with Gasteiger partial charge in [-0.2, -0.15) is 0 Å². The Morgan fingerprint density at radius 1 is 0.938 bits per heavy atom. The van der Waals surface area contributed by atoms with Crippen LogP contribution in [0.25, 0.3) is 0 Å². The van der Waals surface area contributed by atoms with Crippen LogP contribution in [0.3, 0.4) is 0 Å². The van der Waals surface area contributed by atoms with Crippen molar-refractivity contribution >= 4 is 5.97 Å². The van der Waals surface area contributed by atoms with Gasteiger partial charge in [0, 0.05) is 6.42 Å². The number of hydrogen-bond donors (Lipinski definition) is 4. The van der Waals surface area contributed by atoms with Crippen molar-refractivity contribution in [1.82, 2.24) is 0 Å². The molecule has 0 bridgehead atoms. The van der Waals surface area contributed by atoms with Crippen LogP contribution >= 0.6 is 0 Å². The molecule has 0 aromatic carbocycles. The zero-order valence-electron chi connectivity index (χ0n) is 20.6. The number of aliphatic hydroxyl groups is 3. The standard InChI is InChI=1S/C27H46O5/c1-16(6-5-7-17(2)24(29)30)20-10-11-21-19-9-8-18-14-27(31,32)23(28)15-26(18,4)22(19)12-13-25(20,21)3/h16-23,28,31-32H,5-15H2,1-4H3,(H,29,30)/t16-,17?,18?,19+,20-,21+,22+,23?,25-,26+/m1/s1. The van der Waals surface area contributed by atoms with E-state index in [9.17, 15) is 20.1 Å². The van der Waals surface area contributed by atoms with Crippen LogP contribution < -0.4 is 0 Å². The second-order valence-corrected chi connectivity index (χ2v) is 12.8. The van der Waals surface area contributed by atoms with Crippen molar-refractivity contribution in [1.29, 1.82) is 0 Å². The fourth-order valence-electron chi connectivity index (χ4n) is 9.31. The van der Waals surface area contributed by atoms with Crippen molar-refractivity contribution in [2.45, 2.75) is 110 Å². The Labute approximate surface area is 194 Å². The molecule has 184 valence electrons. The third-order valence-electron chi connectivity index (χ3n) is 11.3. The van der Waals surface area contributed by atoms with Crippen molar-refractivity contribution < 1.29 is 25.2 Å².